The minimum Gasteiger partial charge on any atom is -0.458 e. The number of ether oxygens (including phenoxy) is 2. The van der Waals surface area contributed by atoms with Crippen molar-refractivity contribution in [3.63, 3.8) is 0 Å². The number of unbranched alkanes of at least 4 members (excludes halogenated alkanes) is 5. The van der Waals surface area contributed by atoms with Gasteiger partial charge in [0, 0.05) is 29.6 Å². The zero-order valence-electron chi connectivity index (χ0n) is 37.4. The predicted octanol–water partition coefficient (Wildman–Crippen LogP) is 11.1. The van der Waals surface area contributed by atoms with Crippen molar-refractivity contribution in [1.82, 2.24) is 0 Å². The van der Waals surface area contributed by atoms with Crippen molar-refractivity contribution in [2.75, 3.05) is 6.61 Å². The lowest BCUT2D eigenvalue weighted by Gasteiger charge is -2.50. The maximum Gasteiger partial charge on any atom is 0.309 e. The van der Waals surface area contributed by atoms with Gasteiger partial charge in [0.2, 0.25) is 0 Å². The molecule has 4 aromatic carbocycles. The Bertz CT molecular complexity index is 2150. The topological polar surface area (TPSA) is 93.1 Å². The van der Waals surface area contributed by atoms with Crippen molar-refractivity contribution in [2.45, 2.75) is 121 Å². The highest BCUT2D eigenvalue weighted by Gasteiger charge is 2.83. The SMILES string of the molecule is CC1=C[C@H]2[C@@]3(O)[C@H](C)C[C@]4(OC(=O)C(C)CCCCCCCCc5ccccc5)[C@H]([C@@H]3C=C(COC(c3ccccc3)(c3ccccc3)c3ccccc3)C[C@]2(O)C1=O)C4(C)C. The van der Waals surface area contributed by atoms with Crippen LogP contribution < -0.4 is 0 Å². The van der Waals surface area contributed by atoms with Crippen LogP contribution in [-0.2, 0) is 31.1 Å². The molecule has 62 heavy (non-hydrogen) atoms. The number of aliphatic hydroxyl groups is 2. The molecule has 6 heteroatoms. The number of carbonyl (C=O) groups is 2. The molecule has 4 aliphatic rings. The van der Waals surface area contributed by atoms with Gasteiger partial charge in [0.1, 0.15) is 16.8 Å². The van der Waals surface area contributed by atoms with E-state index in [0.717, 1.165) is 47.9 Å². The van der Waals surface area contributed by atoms with Gasteiger partial charge in [-0.1, -0.05) is 193 Å². The third-order valence-corrected chi connectivity index (χ3v) is 15.6. The molecule has 8 atom stereocenters. The van der Waals surface area contributed by atoms with Gasteiger partial charge in [-0.15, -0.1) is 0 Å². The van der Waals surface area contributed by atoms with Gasteiger partial charge in [0.15, 0.2) is 5.78 Å². The third kappa shape index (κ3) is 7.64. The third-order valence-electron chi connectivity index (χ3n) is 15.6. The second kappa shape index (κ2) is 17.5. The van der Waals surface area contributed by atoms with Gasteiger partial charge < -0.3 is 19.7 Å². The van der Waals surface area contributed by atoms with Gasteiger partial charge in [-0.05, 0) is 71.9 Å². The average molecular weight is 835 g/mol. The van der Waals surface area contributed by atoms with Crippen LogP contribution >= 0.6 is 0 Å². The summed E-state index contributed by atoms with van der Waals surface area (Å²) in [6, 6.07) is 41.2. The second-order valence-corrected chi connectivity index (χ2v) is 19.7. The molecule has 0 bridgehead atoms. The first kappa shape index (κ1) is 44.0. The summed E-state index contributed by atoms with van der Waals surface area (Å²) in [5.41, 5.74) is -0.151. The van der Waals surface area contributed by atoms with E-state index in [1.807, 2.05) is 74.5 Å². The summed E-state index contributed by atoms with van der Waals surface area (Å²) < 4.78 is 14.1. The van der Waals surface area contributed by atoms with Crippen LogP contribution in [0, 0.1) is 35.0 Å². The van der Waals surface area contributed by atoms with Crippen molar-refractivity contribution in [3.8, 4) is 0 Å². The van der Waals surface area contributed by atoms with Crippen LogP contribution in [0.5, 0.6) is 0 Å². The van der Waals surface area contributed by atoms with E-state index in [-0.39, 0.29) is 36.6 Å². The number of benzene rings is 4. The van der Waals surface area contributed by atoms with E-state index in [0.29, 0.717) is 12.0 Å². The van der Waals surface area contributed by atoms with Gasteiger partial charge in [-0.3, -0.25) is 9.59 Å². The standard InChI is InChI=1S/C56H66O6/c1-39(24-14-8-6-7-9-15-25-42-26-16-10-17-27-42)51(58)62-54-36-41(3)55(60)47(49(54)52(54,4)5)35-43(37-53(59)48(55)34-40(2)50(53)57)38-61-56(44-28-18-11-19-29-44,45-30-20-12-21-31-45)46-32-22-13-23-33-46/h10-13,16-23,26-35,39,41,47-49,59-60H,6-9,14-15,24-25,36-38H2,1-5H3/t39?,41-,47+,48-,49-,53-,54+,55-/m1/s1. The first-order valence-corrected chi connectivity index (χ1v) is 23.2. The van der Waals surface area contributed by atoms with E-state index >= 15 is 0 Å². The summed E-state index contributed by atoms with van der Waals surface area (Å²) in [4.78, 5) is 28.2. The number of fused-ring (bicyclic) bond motifs is 5. The normalized spacial score (nSPS) is 29.0. The number of carbonyl (C=O) groups excluding carboxylic acids is 2. The van der Waals surface area contributed by atoms with Crippen molar-refractivity contribution < 1.29 is 29.3 Å². The Hall–Kier alpha value is -4.62. The summed E-state index contributed by atoms with van der Waals surface area (Å²) in [7, 11) is 0. The van der Waals surface area contributed by atoms with Gasteiger partial charge in [0.05, 0.1) is 18.1 Å². The Morgan fingerprint density at radius 2 is 1.27 bits per heavy atom. The number of hydrogen-bond acceptors (Lipinski definition) is 6. The molecule has 326 valence electrons. The van der Waals surface area contributed by atoms with E-state index < -0.39 is 45.6 Å². The van der Waals surface area contributed by atoms with Crippen LogP contribution in [0.25, 0.3) is 0 Å². The number of aryl methyl sites for hydroxylation is 1. The van der Waals surface area contributed by atoms with E-state index in [2.05, 4.69) is 86.7 Å². The second-order valence-electron chi connectivity index (χ2n) is 19.7. The molecule has 8 rings (SSSR count). The van der Waals surface area contributed by atoms with Crippen LogP contribution in [0.2, 0.25) is 0 Å². The molecule has 0 radical (unpaired) electrons. The quantitative estimate of drug-likeness (QED) is 0.0476. The molecule has 0 spiro atoms. The van der Waals surface area contributed by atoms with Crippen LogP contribution in [0.4, 0.5) is 0 Å². The zero-order chi connectivity index (χ0) is 43.8. The Kier molecular flexibility index (Phi) is 12.4. The fraction of sp³-hybridized carbons (Fsp3) is 0.464. The molecule has 0 heterocycles. The smallest absolute Gasteiger partial charge is 0.309 e. The molecule has 2 fully saturated rings. The summed E-state index contributed by atoms with van der Waals surface area (Å²) in [6.45, 7) is 10.1. The summed E-state index contributed by atoms with van der Waals surface area (Å²) in [6.07, 6.45) is 13.1. The Morgan fingerprint density at radius 3 is 1.84 bits per heavy atom. The number of hydrogen-bond donors (Lipinski definition) is 2. The van der Waals surface area contributed by atoms with Crippen LogP contribution in [0.15, 0.2) is 145 Å². The highest BCUT2D eigenvalue weighted by atomic mass is 16.6. The van der Waals surface area contributed by atoms with Crippen molar-refractivity contribution >= 4 is 11.8 Å². The summed E-state index contributed by atoms with van der Waals surface area (Å²) in [5.74, 6) is -2.74. The fourth-order valence-electron chi connectivity index (χ4n) is 12.1. The average Bonchev–Trinajstić information content (AvgIpc) is 3.69. The number of Topliss-reactive ketones (excluding diaryl/α,β-unsaturated/α-hetero) is 1. The fourth-order valence-corrected chi connectivity index (χ4v) is 12.1. The van der Waals surface area contributed by atoms with Gasteiger partial charge in [-0.2, -0.15) is 0 Å². The minimum atomic E-state index is -1.85. The molecule has 4 aromatic rings. The Labute approximate surface area is 369 Å². The molecule has 0 amide bonds. The summed E-state index contributed by atoms with van der Waals surface area (Å²) in [5, 5.41) is 26.0. The maximum atomic E-state index is 14.1. The molecular weight excluding hydrogens is 769 g/mol. The zero-order valence-corrected chi connectivity index (χ0v) is 37.4. The molecule has 2 N–H and O–H groups in total. The molecular formula is C56H66O6. The van der Waals surface area contributed by atoms with E-state index in [1.165, 1.54) is 31.2 Å². The van der Waals surface area contributed by atoms with Gasteiger partial charge >= 0.3 is 5.97 Å². The van der Waals surface area contributed by atoms with Gasteiger partial charge in [-0.25, -0.2) is 0 Å². The molecule has 0 aromatic heterocycles. The van der Waals surface area contributed by atoms with E-state index in [9.17, 15) is 19.8 Å². The van der Waals surface area contributed by atoms with Crippen LogP contribution in [0.1, 0.15) is 115 Å². The lowest BCUT2D eigenvalue weighted by molar-refractivity contribution is -0.189. The maximum absolute atomic E-state index is 14.1. The van der Waals surface area contributed by atoms with Crippen LogP contribution in [0.3, 0.4) is 0 Å². The number of ketones is 1. The predicted molar refractivity (Wildman–Crippen MR) is 245 cm³/mol. The lowest BCUT2D eigenvalue weighted by Crippen LogP contribution is -2.61. The van der Waals surface area contributed by atoms with Crippen molar-refractivity contribution in [1.29, 1.82) is 0 Å². The highest BCUT2D eigenvalue weighted by molar-refractivity contribution is 6.04. The first-order chi connectivity index (χ1) is 29.8. The molecule has 1 unspecified atom stereocenters. The van der Waals surface area contributed by atoms with Crippen molar-refractivity contribution in [3.05, 3.63) is 167 Å². The molecule has 0 saturated heterocycles. The molecule has 4 aliphatic carbocycles. The molecule has 6 nitrogen and oxygen atoms in total. The first-order valence-electron chi connectivity index (χ1n) is 23.2. The Morgan fingerprint density at radius 1 is 0.758 bits per heavy atom. The molecule has 2 saturated carbocycles. The number of rotatable bonds is 17. The largest absolute Gasteiger partial charge is 0.458 e. The van der Waals surface area contributed by atoms with E-state index in [4.69, 9.17) is 9.47 Å². The van der Waals surface area contributed by atoms with Gasteiger partial charge in [0.25, 0.3) is 0 Å². The number of esters is 1. The Balaban J connectivity index is 1.04. The minimum absolute atomic E-state index is 0.0221. The van der Waals surface area contributed by atoms with Crippen LogP contribution in [-0.4, -0.2) is 45.4 Å². The highest BCUT2D eigenvalue weighted by Crippen LogP contribution is 2.76. The summed E-state index contributed by atoms with van der Waals surface area (Å²) >= 11 is 0. The lowest BCUT2D eigenvalue weighted by atomic mass is 9.60. The monoisotopic (exact) mass is 834 g/mol. The van der Waals surface area contributed by atoms with Crippen molar-refractivity contribution in [2.24, 2.45) is 35.0 Å². The van der Waals surface area contributed by atoms with E-state index in [1.54, 1.807) is 6.92 Å². The molecule has 0 aliphatic heterocycles.